The van der Waals surface area contributed by atoms with Gasteiger partial charge in [-0.25, -0.2) is 4.99 Å². The highest BCUT2D eigenvalue weighted by atomic mass is 16.5. The molecule has 8 heteroatoms. The van der Waals surface area contributed by atoms with Gasteiger partial charge in [-0.05, 0) is 37.5 Å². The largest absolute Gasteiger partial charge is 0.497 e. The van der Waals surface area contributed by atoms with Crippen LogP contribution < -0.4 is 10.1 Å². The van der Waals surface area contributed by atoms with E-state index >= 15 is 0 Å². The second kappa shape index (κ2) is 10.8. The fraction of sp³-hybridized carbons (Fsp3) is 0.625. The van der Waals surface area contributed by atoms with E-state index in [2.05, 4.69) is 37.4 Å². The van der Waals surface area contributed by atoms with E-state index in [1.807, 2.05) is 30.7 Å². The van der Waals surface area contributed by atoms with Crippen LogP contribution in [0, 0.1) is 6.92 Å². The summed E-state index contributed by atoms with van der Waals surface area (Å²) in [4.78, 5) is 10.1. The van der Waals surface area contributed by atoms with E-state index in [-0.39, 0.29) is 0 Å². The number of piperazine rings is 1. The molecule has 0 atom stereocenters. The maximum atomic E-state index is 5.27. The Morgan fingerprint density at radius 3 is 2.41 bits per heavy atom. The van der Waals surface area contributed by atoms with Crippen molar-refractivity contribution in [2.24, 2.45) is 12.0 Å². The quantitative estimate of drug-likeness (QED) is 0.551. The monoisotopic (exact) mass is 439 g/mol. The minimum atomic E-state index is 0.613. The van der Waals surface area contributed by atoms with E-state index in [4.69, 9.17) is 9.73 Å². The first-order valence-electron chi connectivity index (χ1n) is 11.9. The van der Waals surface area contributed by atoms with E-state index in [0.29, 0.717) is 13.1 Å². The SMILES string of the molecule is COc1ccc(CN=C(NCc2nnc(C)n2C)N2CCN(C3CCCCC3)CC2)cc1. The Morgan fingerprint density at radius 1 is 1.06 bits per heavy atom. The third kappa shape index (κ3) is 5.59. The average molecular weight is 440 g/mol. The zero-order chi connectivity index (χ0) is 22.3. The van der Waals surface area contributed by atoms with Gasteiger partial charge in [-0.3, -0.25) is 4.90 Å². The van der Waals surface area contributed by atoms with Gasteiger partial charge in [-0.2, -0.15) is 0 Å². The summed E-state index contributed by atoms with van der Waals surface area (Å²) in [5.74, 6) is 3.65. The van der Waals surface area contributed by atoms with Crippen molar-refractivity contribution < 1.29 is 4.74 Å². The third-order valence-corrected chi connectivity index (χ3v) is 6.86. The van der Waals surface area contributed by atoms with Gasteiger partial charge in [0.25, 0.3) is 0 Å². The predicted octanol–water partition coefficient (Wildman–Crippen LogP) is 2.73. The van der Waals surface area contributed by atoms with Crippen molar-refractivity contribution >= 4 is 5.96 Å². The van der Waals surface area contributed by atoms with E-state index in [1.165, 1.54) is 37.7 Å². The molecule has 2 fully saturated rings. The normalized spacial score (nSPS) is 18.7. The number of nitrogens with one attached hydrogen (secondary N) is 1. The first-order chi connectivity index (χ1) is 15.6. The lowest BCUT2D eigenvalue weighted by atomic mass is 9.94. The van der Waals surface area contributed by atoms with Gasteiger partial charge in [0, 0.05) is 39.3 Å². The number of rotatable bonds is 6. The molecule has 1 aliphatic carbocycles. The number of guanidine groups is 1. The Kier molecular flexibility index (Phi) is 7.63. The summed E-state index contributed by atoms with van der Waals surface area (Å²) in [6.07, 6.45) is 6.91. The summed E-state index contributed by atoms with van der Waals surface area (Å²) in [7, 11) is 3.69. The van der Waals surface area contributed by atoms with Gasteiger partial charge in [0.05, 0.1) is 20.2 Å². The molecule has 174 valence electrons. The van der Waals surface area contributed by atoms with Crippen LogP contribution in [-0.4, -0.2) is 69.9 Å². The molecule has 0 spiro atoms. The standard InChI is InChI=1S/C24H37N7O/c1-19-27-28-23(29(19)2)18-26-24(25-17-20-9-11-22(32-3)12-10-20)31-15-13-30(14-16-31)21-7-5-4-6-8-21/h9-12,21H,4-8,13-18H2,1-3H3,(H,25,26). The molecule has 1 aromatic heterocycles. The van der Waals surface area contributed by atoms with Crippen molar-refractivity contribution in [3.05, 3.63) is 41.5 Å². The van der Waals surface area contributed by atoms with Gasteiger partial charge in [0.2, 0.25) is 0 Å². The summed E-state index contributed by atoms with van der Waals surface area (Å²) in [6, 6.07) is 8.91. The van der Waals surface area contributed by atoms with Crippen LogP contribution in [0.25, 0.3) is 0 Å². The molecule has 0 unspecified atom stereocenters. The minimum Gasteiger partial charge on any atom is -0.497 e. The molecule has 0 bridgehead atoms. The van der Waals surface area contributed by atoms with Crippen molar-refractivity contribution in [3.63, 3.8) is 0 Å². The molecule has 1 saturated carbocycles. The predicted molar refractivity (Wildman–Crippen MR) is 127 cm³/mol. The van der Waals surface area contributed by atoms with Crippen LogP contribution in [0.15, 0.2) is 29.3 Å². The maximum Gasteiger partial charge on any atom is 0.194 e. The van der Waals surface area contributed by atoms with Crippen molar-refractivity contribution in [3.8, 4) is 5.75 Å². The number of nitrogens with zero attached hydrogens (tertiary/aromatic N) is 6. The van der Waals surface area contributed by atoms with Gasteiger partial charge >= 0.3 is 0 Å². The van der Waals surface area contributed by atoms with Crippen LogP contribution in [0.1, 0.15) is 49.3 Å². The highest BCUT2D eigenvalue weighted by Crippen LogP contribution is 2.23. The lowest BCUT2D eigenvalue weighted by Crippen LogP contribution is -2.55. The number of aliphatic imine (C=N–C) groups is 1. The summed E-state index contributed by atoms with van der Waals surface area (Å²) >= 11 is 0. The molecule has 2 aliphatic rings. The molecule has 1 aromatic carbocycles. The molecule has 4 rings (SSSR count). The van der Waals surface area contributed by atoms with Crippen LogP contribution >= 0.6 is 0 Å². The molecular weight excluding hydrogens is 402 g/mol. The van der Waals surface area contributed by atoms with Crippen LogP contribution in [0.4, 0.5) is 0 Å². The Balaban J connectivity index is 1.42. The fourth-order valence-electron chi connectivity index (χ4n) is 4.67. The first-order valence-corrected chi connectivity index (χ1v) is 11.9. The number of aryl methyl sites for hydroxylation is 1. The van der Waals surface area contributed by atoms with Crippen molar-refractivity contribution in [1.29, 1.82) is 0 Å². The number of hydrogen-bond acceptors (Lipinski definition) is 5. The molecule has 2 aromatic rings. The van der Waals surface area contributed by atoms with Crippen LogP contribution in [0.3, 0.4) is 0 Å². The van der Waals surface area contributed by atoms with Gasteiger partial charge < -0.3 is 19.5 Å². The highest BCUT2D eigenvalue weighted by Gasteiger charge is 2.26. The van der Waals surface area contributed by atoms with Crippen LogP contribution in [0.5, 0.6) is 5.75 Å². The van der Waals surface area contributed by atoms with Crippen LogP contribution in [0.2, 0.25) is 0 Å². The number of benzene rings is 1. The van der Waals surface area contributed by atoms with E-state index in [0.717, 1.165) is 55.6 Å². The van der Waals surface area contributed by atoms with Gasteiger partial charge in [0.15, 0.2) is 11.8 Å². The van der Waals surface area contributed by atoms with Crippen molar-refractivity contribution in [1.82, 2.24) is 29.9 Å². The lowest BCUT2D eigenvalue weighted by Gasteiger charge is -2.41. The number of hydrogen-bond donors (Lipinski definition) is 1. The zero-order valence-electron chi connectivity index (χ0n) is 19.8. The molecule has 0 radical (unpaired) electrons. The Hall–Kier alpha value is -2.61. The van der Waals surface area contributed by atoms with E-state index in [1.54, 1.807) is 7.11 Å². The molecule has 2 heterocycles. The topological polar surface area (TPSA) is 70.8 Å². The zero-order valence-corrected chi connectivity index (χ0v) is 19.8. The summed E-state index contributed by atoms with van der Waals surface area (Å²) in [5, 5.41) is 12.0. The lowest BCUT2D eigenvalue weighted by molar-refractivity contribution is 0.106. The second-order valence-electron chi connectivity index (χ2n) is 8.88. The Bertz CT molecular complexity index is 878. The van der Waals surface area contributed by atoms with Crippen molar-refractivity contribution in [2.75, 3.05) is 33.3 Å². The summed E-state index contributed by atoms with van der Waals surface area (Å²) in [6.45, 7) is 7.44. The molecule has 32 heavy (non-hydrogen) atoms. The van der Waals surface area contributed by atoms with E-state index in [9.17, 15) is 0 Å². The summed E-state index contributed by atoms with van der Waals surface area (Å²) in [5.41, 5.74) is 1.17. The smallest absolute Gasteiger partial charge is 0.194 e. The molecule has 8 nitrogen and oxygen atoms in total. The molecule has 1 N–H and O–H groups in total. The second-order valence-corrected chi connectivity index (χ2v) is 8.88. The average Bonchev–Trinajstić information content (AvgIpc) is 3.17. The minimum absolute atomic E-state index is 0.613. The molecule has 0 amide bonds. The molecule has 1 aliphatic heterocycles. The number of aromatic nitrogens is 3. The van der Waals surface area contributed by atoms with Crippen LogP contribution in [-0.2, 0) is 20.1 Å². The Labute approximate surface area is 191 Å². The van der Waals surface area contributed by atoms with Gasteiger partial charge in [-0.15, -0.1) is 10.2 Å². The van der Waals surface area contributed by atoms with E-state index < -0.39 is 0 Å². The number of methoxy groups -OCH3 is 1. The maximum absolute atomic E-state index is 5.27. The van der Waals surface area contributed by atoms with Gasteiger partial charge in [-0.1, -0.05) is 31.4 Å². The Morgan fingerprint density at radius 2 is 1.78 bits per heavy atom. The molecular formula is C24H37N7O. The molecule has 1 saturated heterocycles. The summed E-state index contributed by atoms with van der Waals surface area (Å²) < 4.78 is 7.30. The first kappa shape index (κ1) is 22.6. The van der Waals surface area contributed by atoms with Crippen molar-refractivity contribution in [2.45, 2.75) is 58.2 Å². The third-order valence-electron chi connectivity index (χ3n) is 6.86. The fourth-order valence-corrected chi connectivity index (χ4v) is 4.67. The number of ether oxygens (including phenoxy) is 1. The highest BCUT2D eigenvalue weighted by molar-refractivity contribution is 5.80. The van der Waals surface area contributed by atoms with Gasteiger partial charge in [0.1, 0.15) is 11.6 Å².